The number of hydrazine groups is 1. The number of hydrogen-bond acceptors (Lipinski definition) is 5. The van der Waals surface area contributed by atoms with E-state index in [1.165, 1.54) is 0 Å². The van der Waals surface area contributed by atoms with Crippen molar-refractivity contribution < 1.29 is 5.11 Å². The first-order chi connectivity index (χ1) is 5.88. The lowest BCUT2D eigenvalue weighted by Crippen LogP contribution is -2.44. The molecule has 3 N–H and O–H groups in total. The molecule has 12 heavy (non-hydrogen) atoms. The van der Waals surface area contributed by atoms with E-state index >= 15 is 0 Å². The summed E-state index contributed by atoms with van der Waals surface area (Å²) >= 11 is 0. The van der Waals surface area contributed by atoms with Crippen molar-refractivity contribution in [2.45, 2.75) is 0 Å². The summed E-state index contributed by atoms with van der Waals surface area (Å²) in [5.74, 6) is 0. The predicted octanol–water partition coefficient (Wildman–Crippen LogP) is -1.50. The fraction of sp³-hybridized carbons (Fsp3) is 0.857. The molecule has 0 aliphatic carbocycles. The van der Waals surface area contributed by atoms with Crippen LogP contribution in [0.4, 0.5) is 0 Å². The molecule has 1 aliphatic rings. The molecule has 0 atom stereocenters. The Labute approximate surface area is 72.4 Å². The van der Waals surface area contributed by atoms with Crippen molar-refractivity contribution in [3.8, 4) is 0 Å². The van der Waals surface area contributed by atoms with Gasteiger partial charge in [-0.25, -0.2) is 5.01 Å². The number of aliphatic imine (C=N–C) groups is 1. The van der Waals surface area contributed by atoms with Gasteiger partial charge in [0.2, 0.25) is 0 Å². The summed E-state index contributed by atoms with van der Waals surface area (Å²) in [5.41, 5.74) is 5.43. The van der Waals surface area contributed by atoms with Gasteiger partial charge in [-0.1, -0.05) is 0 Å². The number of aliphatic hydroxyl groups excluding tert-OH is 1. The van der Waals surface area contributed by atoms with Crippen LogP contribution in [0, 0.1) is 0 Å². The maximum absolute atomic E-state index is 8.77. The second-order valence-corrected chi connectivity index (χ2v) is 2.65. The molecule has 5 nitrogen and oxygen atoms in total. The zero-order chi connectivity index (χ0) is 8.81. The molecule has 0 aromatic carbocycles. The van der Waals surface area contributed by atoms with E-state index in [9.17, 15) is 0 Å². The molecule has 70 valence electrons. The lowest BCUT2D eigenvalue weighted by molar-refractivity contribution is 0.0444. The van der Waals surface area contributed by atoms with Gasteiger partial charge in [0, 0.05) is 19.6 Å². The zero-order valence-electron chi connectivity index (χ0n) is 7.19. The first-order valence-electron chi connectivity index (χ1n) is 4.21. The fourth-order valence-electron chi connectivity index (χ4n) is 1.22. The molecule has 0 radical (unpaired) electrons. The van der Waals surface area contributed by atoms with E-state index in [1.807, 2.05) is 10.0 Å². The standard InChI is InChI=1S/C7H16N4O/c8-1-3-10(5-6-12)11-4-2-9-7-11/h7,12H,1-6,8H2. The molecule has 0 fully saturated rings. The van der Waals surface area contributed by atoms with E-state index in [1.54, 1.807) is 6.34 Å². The van der Waals surface area contributed by atoms with Crippen molar-refractivity contribution >= 4 is 6.34 Å². The number of rotatable bonds is 5. The van der Waals surface area contributed by atoms with E-state index in [2.05, 4.69) is 4.99 Å². The molecule has 1 heterocycles. The Morgan fingerprint density at radius 2 is 2.42 bits per heavy atom. The highest BCUT2D eigenvalue weighted by Crippen LogP contribution is 1.99. The lowest BCUT2D eigenvalue weighted by atomic mass is 10.5. The van der Waals surface area contributed by atoms with Gasteiger partial charge in [-0.3, -0.25) is 10.0 Å². The Bertz CT molecular complexity index is 144. The molecule has 0 saturated carbocycles. The molecule has 5 heteroatoms. The Kier molecular flexibility index (Phi) is 3.99. The van der Waals surface area contributed by atoms with Crippen LogP contribution in [-0.2, 0) is 0 Å². The normalized spacial score (nSPS) is 16.4. The summed E-state index contributed by atoms with van der Waals surface area (Å²) in [7, 11) is 0. The minimum Gasteiger partial charge on any atom is -0.395 e. The van der Waals surface area contributed by atoms with Crippen LogP contribution in [0.15, 0.2) is 4.99 Å². The Balaban J connectivity index is 2.34. The summed E-state index contributed by atoms with van der Waals surface area (Å²) in [6, 6.07) is 0. The summed E-state index contributed by atoms with van der Waals surface area (Å²) in [4.78, 5) is 4.09. The number of nitrogens with two attached hydrogens (primary N) is 1. The molecule has 0 unspecified atom stereocenters. The van der Waals surface area contributed by atoms with E-state index in [0.717, 1.165) is 19.6 Å². The second kappa shape index (κ2) is 5.08. The molecule has 0 aromatic heterocycles. The highest BCUT2D eigenvalue weighted by molar-refractivity contribution is 5.56. The third-order valence-corrected chi connectivity index (χ3v) is 1.78. The van der Waals surface area contributed by atoms with Crippen LogP contribution in [0.25, 0.3) is 0 Å². The van der Waals surface area contributed by atoms with Crippen molar-refractivity contribution in [2.75, 3.05) is 39.3 Å². The minimum atomic E-state index is 0.157. The highest BCUT2D eigenvalue weighted by Gasteiger charge is 2.13. The van der Waals surface area contributed by atoms with Crippen molar-refractivity contribution in [1.29, 1.82) is 0 Å². The first-order valence-corrected chi connectivity index (χ1v) is 4.21. The van der Waals surface area contributed by atoms with Crippen LogP contribution in [-0.4, -0.2) is 60.8 Å². The molecular weight excluding hydrogens is 156 g/mol. The van der Waals surface area contributed by atoms with E-state index in [-0.39, 0.29) is 6.61 Å². The van der Waals surface area contributed by atoms with Crippen molar-refractivity contribution in [3.63, 3.8) is 0 Å². The second-order valence-electron chi connectivity index (χ2n) is 2.65. The van der Waals surface area contributed by atoms with Gasteiger partial charge in [0.1, 0.15) is 0 Å². The smallest absolute Gasteiger partial charge is 0.0995 e. The van der Waals surface area contributed by atoms with Gasteiger partial charge in [-0.15, -0.1) is 0 Å². The van der Waals surface area contributed by atoms with Crippen LogP contribution >= 0.6 is 0 Å². The summed E-state index contributed by atoms with van der Waals surface area (Å²) in [6.07, 6.45) is 1.80. The fourth-order valence-corrected chi connectivity index (χ4v) is 1.22. The van der Waals surface area contributed by atoms with Crippen molar-refractivity contribution in [1.82, 2.24) is 10.0 Å². The van der Waals surface area contributed by atoms with Gasteiger partial charge in [0.05, 0.1) is 26.0 Å². The summed E-state index contributed by atoms with van der Waals surface area (Å²) in [6.45, 7) is 3.90. The molecule has 0 amide bonds. The molecular formula is C7H16N4O. The van der Waals surface area contributed by atoms with Gasteiger partial charge >= 0.3 is 0 Å². The predicted molar refractivity (Wildman–Crippen MR) is 47.8 cm³/mol. The average Bonchev–Trinajstić information content (AvgIpc) is 2.56. The van der Waals surface area contributed by atoms with Crippen molar-refractivity contribution in [2.24, 2.45) is 10.7 Å². The molecule has 1 rings (SSSR count). The summed E-state index contributed by atoms with van der Waals surface area (Å²) < 4.78 is 0. The number of hydrogen-bond donors (Lipinski definition) is 2. The third-order valence-electron chi connectivity index (χ3n) is 1.78. The van der Waals surface area contributed by atoms with E-state index < -0.39 is 0 Å². The molecule has 1 aliphatic heterocycles. The van der Waals surface area contributed by atoms with Crippen LogP contribution in [0.3, 0.4) is 0 Å². The number of nitrogens with zero attached hydrogens (tertiary/aromatic N) is 3. The maximum Gasteiger partial charge on any atom is 0.0995 e. The maximum atomic E-state index is 8.77. The van der Waals surface area contributed by atoms with Gasteiger partial charge in [-0.2, -0.15) is 0 Å². The SMILES string of the molecule is NCCN(CCO)N1C=NCC1. The largest absolute Gasteiger partial charge is 0.395 e. The molecule has 0 saturated heterocycles. The topological polar surface area (TPSA) is 65.1 Å². The zero-order valence-corrected chi connectivity index (χ0v) is 7.19. The minimum absolute atomic E-state index is 0.157. The van der Waals surface area contributed by atoms with Gasteiger partial charge in [-0.05, 0) is 0 Å². The monoisotopic (exact) mass is 172 g/mol. The average molecular weight is 172 g/mol. The van der Waals surface area contributed by atoms with Gasteiger partial charge < -0.3 is 10.8 Å². The number of aliphatic hydroxyl groups is 1. The van der Waals surface area contributed by atoms with Crippen LogP contribution in [0.2, 0.25) is 0 Å². The Morgan fingerprint density at radius 1 is 1.58 bits per heavy atom. The van der Waals surface area contributed by atoms with Gasteiger partial charge in [0.15, 0.2) is 0 Å². The van der Waals surface area contributed by atoms with Crippen LogP contribution in [0.5, 0.6) is 0 Å². The third kappa shape index (κ3) is 2.44. The van der Waals surface area contributed by atoms with Crippen LogP contribution < -0.4 is 5.73 Å². The Hall–Kier alpha value is -0.650. The molecule has 0 aromatic rings. The quantitative estimate of drug-likeness (QED) is 0.529. The van der Waals surface area contributed by atoms with Gasteiger partial charge in [0.25, 0.3) is 0 Å². The van der Waals surface area contributed by atoms with E-state index in [0.29, 0.717) is 13.1 Å². The highest BCUT2D eigenvalue weighted by atomic mass is 16.3. The lowest BCUT2D eigenvalue weighted by Gasteiger charge is -2.29. The molecule has 0 spiro atoms. The summed E-state index contributed by atoms with van der Waals surface area (Å²) in [5, 5.41) is 12.8. The van der Waals surface area contributed by atoms with Crippen molar-refractivity contribution in [3.05, 3.63) is 0 Å². The Morgan fingerprint density at radius 3 is 2.92 bits per heavy atom. The van der Waals surface area contributed by atoms with Crippen LogP contribution in [0.1, 0.15) is 0 Å². The van der Waals surface area contributed by atoms with E-state index in [4.69, 9.17) is 10.8 Å². The molecule has 0 bridgehead atoms. The first kappa shape index (κ1) is 9.44.